The summed E-state index contributed by atoms with van der Waals surface area (Å²) < 4.78 is 0. The van der Waals surface area contributed by atoms with Gasteiger partial charge in [-0.1, -0.05) is 0 Å². The van der Waals surface area contributed by atoms with Gasteiger partial charge in [0.2, 0.25) is 0 Å². The molecule has 3 atom stereocenters. The molecule has 2 aliphatic heterocycles. The maximum atomic E-state index is 12.3. The Bertz CT molecular complexity index is 410. The zero-order chi connectivity index (χ0) is 14.3. The highest BCUT2D eigenvalue weighted by Gasteiger charge is 2.40. The summed E-state index contributed by atoms with van der Waals surface area (Å²) in [6.45, 7) is 1.45. The van der Waals surface area contributed by atoms with Crippen LogP contribution >= 0.6 is 0 Å². The first-order valence-corrected chi connectivity index (χ1v) is 7.56. The normalized spacial score (nSPS) is 31.8. The lowest BCUT2D eigenvalue weighted by Gasteiger charge is -2.27. The number of urea groups is 1. The molecule has 0 spiro atoms. The Morgan fingerprint density at radius 3 is 2.50 bits per heavy atom. The summed E-state index contributed by atoms with van der Waals surface area (Å²) in [5.41, 5.74) is 0. The van der Waals surface area contributed by atoms with Gasteiger partial charge in [0.25, 0.3) is 0 Å². The van der Waals surface area contributed by atoms with Crippen molar-refractivity contribution in [3.05, 3.63) is 0 Å². The van der Waals surface area contributed by atoms with Gasteiger partial charge in [-0.2, -0.15) is 0 Å². The molecule has 3 aliphatic rings. The Balaban J connectivity index is 1.61. The summed E-state index contributed by atoms with van der Waals surface area (Å²) in [5.74, 6) is -0.781. The van der Waals surface area contributed by atoms with Crippen LogP contribution in [-0.4, -0.2) is 65.2 Å². The van der Waals surface area contributed by atoms with E-state index < -0.39 is 12.0 Å². The monoisotopic (exact) mass is 281 g/mol. The molecule has 112 valence electrons. The van der Waals surface area contributed by atoms with E-state index in [4.69, 9.17) is 0 Å². The molecule has 2 heterocycles. The highest BCUT2D eigenvalue weighted by molar-refractivity contribution is 5.83. The van der Waals surface area contributed by atoms with Gasteiger partial charge in [-0.3, -0.25) is 4.90 Å². The summed E-state index contributed by atoms with van der Waals surface area (Å²) in [4.78, 5) is 27.7. The minimum atomic E-state index is -0.908. The second kappa shape index (κ2) is 5.24. The van der Waals surface area contributed by atoms with Gasteiger partial charge < -0.3 is 15.3 Å². The average molecular weight is 281 g/mol. The fourth-order valence-corrected chi connectivity index (χ4v) is 3.53. The molecular formula is C14H23N3O3. The Morgan fingerprint density at radius 1 is 1.15 bits per heavy atom. The summed E-state index contributed by atoms with van der Waals surface area (Å²) in [6.07, 6.45) is 5.16. The number of nitrogens with zero attached hydrogens (tertiary/aromatic N) is 2. The van der Waals surface area contributed by atoms with Crippen molar-refractivity contribution in [3.8, 4) is 0 Å². The van der Waals surface area contributed by atoms with Crippen LogP contribution in [-0.2, 0) is 4.79 Å². The van der Waals surface area contributed by atoms with E-state index in [2.05, 4.69) is 17.3 Å². The summed E-state index contributed by atoms with van der Waals surface area (Å²) in [7, 11) is 2.13. The fourth-order valence-electron chi connectivity index (χ4n) is 3.53. The van der Waals surface area contributed by atoms with Crippen molar-refractivity contribution >= 4 is 12.0 Å². The number of nitrogens with one attached hydrogen (secondary N) is 1. The lowest BCUT2D eigenvalue weighted by Crippen LogP contribution is -2.51. The van der Waals surface area contributed by atoms with Gasteiger partial charge in [0, 0.05) is 25.2 Å². The smallest absolute Gasteiger partial charge is 0.326 e. The first-order valence-electron chi connectivity index (χ1n) is 7.56. The Kier molecular flexibility index (Phi) is 3.58. The molecule has 0 aromatic heterocycles. The largest absolute Gasteiger partial charge is 0.480 e. The van der Waals surface area contributed by atoms with E-state index in [0.29, 0.717) is 12.1 Å². The zero-order valence-corrected chi connectivity index (χ0v) is 11.9. The molecule has 0 aromatic carbocycles. The predicted molar refractivity (Wildman–Crippen MR) is 73.4 cm³/mol. The molecular weight excluding hydrogens is 258 g/mol. The van der Waals surface area contributed by atoms with Gasteiger partial charge in [0.05, 0.1) is 0 Å². The topological polar surface area (TPSA) is 72.9 Å². The molecule has 6 nitrogen and oxygen atoms in total. The van der Waals surface area contributed by atoms with Crippen molar-refractivity contribution in [2.45, 2.75) is 50.2 Å². The summed E-state index contributed by atoms with van der Waals surface area (Å²) in [6, 6.07) is 0.0971. The molecule has 2 saturated heterocycles. The van der Waals surface area contributed by atoms with Crippen molar-refractivity contribution in [2.75, 3.05) is 20.1 Å². The molecule has 1 saturated carbocycles. The van der Waals surface area contributed by atoms with Crippen molar-refractivity contribution in [1.82, 2.24) is 15.1 Å². The third-order valence-electron chi connectivity index (χ3n) is 5.07. The summed E-state index contributed by atoms with van der Waals surface area (Å²) >= 11 is 0. The van der Waals surface area contributed by atoms with Gasteiger partial charge in [0.15, 0.2) is 0 Å². The maximum Gasteiger partial charge on any atom is 0.326 e. The number of hydrogen-bond donors (Lipinski definition) is 2. The highest BCUT2D eigenvalue weighted by atomic mass is 16.4. The zero-order valence-electron chi connectivity index (χ0n) is 11.9. The SMILES string of the molecule is CN1C2CCC1CN(C(=O)NC(C(=O)O)C1CC1)CC2. The Hall–Kier alpha value is -1.30. The van der Waals surface area contributed by atoms with Crippen LogP contribution < -0.4 is 5.32 Å². The van der Waals surface area contributed by atoms with Crippen LogP contribution in [0.1, 0.15) is 32.1 Å². The van der Waals surface area contributed by atoms with Crippen molar-refractivity contribution < 1.29 is 14.7 Å². The Labute approximate surface area is 119 Å². The van der Waals surface area contributed by atoms with Gasteiger partial charge in [-0.05, 0) is 45.1 Å². The number of carbonyl (C=O) groups is 2. The van der Waals surface area contributed by atoms with E-state index in [1.54, 1.807) is 4.90 Å². The lowest BCUT2D eigenvalue weighted by atomic mass is 10.1. The number of carbonyl (C=O) groups excluding carboxylic acids is 1. The summed E-state index contributed by atoms with van der Waals surface area (Å²) in [5, 5.41) is 11.9. The molecule has 6 heteroatoms. The van der Waals surface area contributed by atoms with Gasteiger partial charge in [-0.15, -0.1) is 0 Å². The number of rotatable bonds is 3. The van der Waals surface area contributed by atoms with E-state index >= 15 is 0 Å². The molecule has 2 bridgehead atoms. The van der Waals surface area contributed by atoms with E-state index in [-0.39, 0.29) is 11.9 Å². The molecule has 1 aliphatic carbocycles. The van der Waals surface area contributed by atoms with Crippen LogP contribution in [0.4, 0.5) is 4.79 Å². The molecule has 2 amide bonds. The lowest BCUT2D eigenvalue weighted by molar-refractivity contribution is -0.139. The van der Waals surface area contributed by atoms with E-state index in [0.717, 1.165) is 38.8 Å². The first-order chi connectivity index (χ1) is 9.56. The molecule has 0 aromatic rings. The first kappa shape index (κ1) is 13.7. The standard InChI is InChI=1S/C14H23N3O3/c1-16-10-4-5-11(16)8-17(7-6-10)14(20)15-12(13(18)19)9-2-3-9/h9-12H,2-8H2,1H3,(H,15,20)(H,18,19). The van der Waals surface area contributed by atoms with Crippen LogP contribution in [0.3, 0.4) is 0 Å². The molecule has 3 unspecified atom stereocenters. The molecule has 3 rings (SSSR count). The van der Waals surface area contributed by atoms with Crippen LogP contribution in [0.5, 0.6) is 0 Å². The number of carboxylic acid groups (broad SMARTS) is 1. The minimum Gasteiger partial charge on any atom is -0.480 e. The van der Waals surface area contributed by atoms with Gasteiger partial charge >= 0.3 is 12.0 Å². The number of aliphatic carboxylic acids is 1. The average Bonchev–Trinajstić information content (AvgIpc) is 3.15. The van der Waals surface area contributed by atoms with Crippen molar-refractivity contribution in [1.29, 1.82) is 0 Å². The van der Waals surface area contributed by atoms with Crippen molar-refractivity contribution in [2.24, 2.45) is 5.92 Å². The van der Waals surface area contributed by atoms with Crippen LogP contribution in [0.2, 0.25) is 0 Å². The number of carboxylic acids is 1. The molecule has 0 radical (unpaired) electrons. The quantitative estimate of drug-likeness (QED) is 0.800. The van der Waals surface area contributed by atoms with Crippen LogP contribution in [0, 0.1) is 5.92 Å². The van der Waals surface area contributed by atoms with E-state index in [1.165, 1.54) is 6.42 Å². The molecule has 2 N–H and O–H groups in total. The molecule has 20 heavy (non-hydrogen) atoms. The van der Waals surface area contributed by atoms with Gasteiger partial charge in [-0.25, -0.2) is 9.59 Å². The fraction of sp³-hybridized carbons (Fsp3) is 0.857. The third-order valence-corrected chi connectivity index (χ3v) is 5.07. The van der Waals surface area contributed by atoms with Crippen LogP contribution in [0.25, 0.3) is 0 Å². The number of amides is 2. The molecule has 3 fully saturated rings. The van der Waals surface area contributed by atoms with Crippen LogP contribution in [0.15, 0.2) is 0 Å². The second-order valence-corrected chi connectivity index (χ2v) is 6.39. The maximum absolute atomic E-state index is 12.3. The third kappa shape index (κ3) is 2.61. The van der Waals surface area contributed by atoms with Gasteiger partial charge in [0.1, 0.15) is 6.04 Å². The minimum absolute atomic E-state index is 0.127. The van der Waals surface area contributed by atoms with E-state index in [9.17, 15) is 14.7 Å². The van der Waals surface area contributed by atoms with E-state index in [1.807, 2.05) is 0 Å². The number of hydrogen-bond acceptors (Lipinski definition) is 3. The predicted octanol–water partition coefficient (Wildman–Crippen LogP) is 0.728. The number of likely N-dealkylation sites (tertiary alicyclic amines) is 1. The number of likely N-dealkylation sites (N-methyl/N-ethyl adjacent to an activating group) is 1. The van der Waals surface area contributed by atoms with Crippen molar-refractivity contribution in [3.63, 3.8) is 0 Å². The Morgan fingerprint density at radius 2 is 1.85 bits per heavy atom. The highest BCUT2D eigenvalue weighted by Crippen LogP contribution is 2.33. The second-order valence-electron chi connectivity index (χ2n) is 6.39. The number of fused-ring (bicyclic) bond motifs is 2.